The van der Waals surface area contributed by atoms with E-state index >= 15 is 0 Å². The molecule has 4 nitrogen and oxygen atoms in total. The van der Waals surface area contributed by atoms with Crippen LogP contribution < -0.4 is 0 Å². The second kappa shape index (κ2) is 7.25. The van der Waals surface area contributed by atoms with E-state index in [9.17, 15) is 9.59 Å². The van der Waals surface area contributed by atoms with Crippen LogP contribution in [0.1, 0.15) is 40.5 Å². The van der Waals surface area contributed by atoms with Crippen molar-refractivity contribution in [2.75, 3.05) is 13.1 Å². The summed E-state index contributed by atoms with van der Waals surface area (Å²) in [5.41, 5.74) is 0. The molecule has 0 aromatic carbocycles. The molecule has 0 saturated heterocycles. The van der Waals surface area contributed by atoms with Crippen molar-refractivity contribution in [3.05, 3.63) is 0 Å². The summed E-state index contributed by atoms with van der Waals surface area (Å²) < 4.78 is 0. The number of carbonyl (C=O) groups is 2. The fraction of sp³-hybridized carbons (Fsp3) is 0.833. The van der Waals surface area contributed by atoms with Crippen LogP contribution in [0.2, 0.25) is 0 Å². The van der Waals surface area contributed by atoms with Crippen molar-refractivity contribution < 1.29 is 14.7 Å². The summed E-state index contributed by atoms with van der Waals surface area (Å²) in [7, 11) is 0. The third-order valence-electron chi connectivity index (χ3n) is 2.96. The summed E-state index contributed by atoms with van der Waals surface area (Å²) in [6.45, 7) is 9.00. The molecule has 0 aromatic heterocycles. The summed E-state index contributed by atoms with van der Waals surface area (Å²) in [5.74, 6) is 0.0154. The van der Waals surface area contributed by atoms with Crippen molar-refractivity contribution in [3.63, 3.8) is 0 Å². The molecule has 0 aliphatic heterocycles. The predicted octanol–water partition coefficient (Wildman–Crippen LogP) is 1.99. The van der Waals surface area contributed by atoms with Crippen LogP contribution in [0.3, 0.4) is 0 Å². The third-order valence-corrected chi connectivity index (χ3v) is 2.96. The van der Waals surface area contributed by atoms with Gasteiger partial charge < -0.3 is 10.0 Å². The Morgan fingerprint density at radius 3 is 2.19 bits per heavy atom. The summed E-state index contributed by atoms with van der Waals surface area (Å²) in [5, 5.41) is 8.57. The largest absolute Gasteiger partial charge is 0.481 e. The highest BCUT2D eigenvalue weighted by Crippen LogP contribution is 2.15. The van der Waals surface area contributed by atoms with Gasteiger partial charge in [0.2, 0.25) is 5.91 Å². The van der Waals surface area contributed by atoms with Gasteiger partial charge in [-0.2, -0.15) is 0 Å². The molecule has 0 bridgehead atoms. The van der Waals surface area contributed by atoms with Crippen molar-refractivity contribution in [1.82, 2.24) is 4.90 Å². The van der Waals surface area contributed by atoms with Gasteiger partial charge in [-0.3, -0.25) is 9.59 Å². The lowest BCUT2D eigenvalue weighted by Crippen LogP contribution is -2.34. The highest BCUT2D eigenvalue weighted by Gasteiger charge is 2.17. The minimum Gasteiger partial charge on any atom is -0.481 e. The van der Waals surface area contributed by atoms with Gasteiger partial charge in [-0.05, 0) is 18.8 Å². The number of rotatable bonds is 7. The number of carbonyl (C=O) groups excluding carboxylic acids is 1. The molecule has 0 fully saturated rings. The second-order valence-electron chi connectivity index (χ2n) is 4.54. The van der Waals surface area contributed by atoms with Crippen LogP contribution >= 0.6 is 0 Å². The normalized spacial score (nSPS) is 12.6. The van der Waals surface area contributed by atoms with E-state index in [1.165, 1.54) is 0 Å². The minimum atomic E-state index is -0.858. The van der Waals surface area contributed by atoms with Crippen LogP contribution in [-0.2, 0) is 9.59 Å². The van der Waals surface area contributed by atoms with Gasteiger partial charge in [0.05, 0.1) is 6.42 Å². The first-order chi connectivity index (χ1) is 7.38. The van der Waals surface area contributed by atoms with E-state index in [1.807, 2.05) is 13.8 Å². The first-order valence-electron chi connectivity index (χ1n) is 5.88. The van der Waals surface area contributed by atoms with E-state index in [4.69, 9.17) is 5.11 Å². The van der Waals surface area contributed by atoms with Gasteiger partial charge in [0, 0.05) is 19.5 Å². The first kappa shape index (κ1) is 14.9. The third kappa shape index (κ3) is 5.73. The Morgan fingerprint density at radius 1 is 1.25 bits per heavy atom. The predicted molar refractivity (Wildman–Crippen MR) is 63.1 cm³/mol. The van der Waals surface area contributed by atoms with Crippen LogP contribution in [-0.4, -0.2) is 35.0 Å². The fourth-order valence-electron chi connectivity index (χ4n) is 1.33. The van der Waals surface area contributed by atoms with Crippen molar-refractivity contribution in [3.8, 4) is 0 Å². The maximum Gasteiger partial charge on any atom is 0.305 e. The van der Waals surface area contributed by atoms with Gasteiger partial charge in [0.1, 0.15) is 0 Å². The number of carboxylic acid groups (broad SMARTS) is 1. The Bertz CT molecular complexity index is 238. The average molecular weight is 229 g/mol. The second-order valence-corrected chi connectivity index (χ2v) is 4.54. The first-order valence-corrected chi connectivity index (χ1v) is 5.88. The van der Waals surface area contributed by atoms with Gasteiger partial charge in [-0.25, -0.2) is 0 Å². The van der Waals surface area contributed by atoms with Crippen LogP contribution in [0.4, 0.5) is 0 Å². The molecule has 1 unspecified atom stereocenters. The number of carboxylic acids is 1. The molecule has 0 saturated carbocycles. The standard InChI is InChI=1S/C12H23NO3/c1-5-13(7-6-12(15)16)11(14)8-10(4)9(2)3/h9-10H,5-8H2,1-4H3,(H,15,16). The van der Waals surface area contributed by atoms with Gasteiger partial charge >= 0.3 is 5.97 Å². The molecule has 1 amide bonds. The molecular formula is C12H23NO3. The van der Waals surface area contributed by atoms with Gasteiger partial charge in [0.15, 0.2) is 0 Å². The van der Waals surface area contributed by atoms with E-state index in [0.29, 0.717) is 31.3 Å². The summed E-state index contributed by atoms with van der Waals surface area (Å²) in [6.07, 6.45) is 0.529. The molecule has 94 valence electrons. The zero-order valence-corrected chi connectivity index (χ0v) is 10.7. The summed E-state index contributed by atoms with van der Waals surface area (Å²) in [6, 6.07) is 0. The highest BCUT2D eigenvalue weighted by atomic mass is 16.4. The van der Waals surface area contributed by atoms with Crippen molar-refractivity contribution >= 4 is 11.9 Å². The lowest BCUT2D eigenvalue weighted by atomic mass is 9.94. The Labute approximate surface area is 97.6 Å². The van der Waals surface area contributed by atoms with Gasteiger partial charge in [0.25, 0.3) is 0 Å². The van der Waals surface area contributed by atoms with Crippen molar-refractivity contribution in [2.45, 2.75) is 40.5 Å². The van der Waals surface area contributed by atoms with Crippen molar-refractivity contribution in [2.24, 2.45) is 11.8 Å². The van der Waals surface area contributed by atoms with Gasteiger partial charge in [-0.15, -0.1) is 0 Å². The Hall–Kier alpha value is -1.06. The minimum absolute atomic E-state index is 0.0235. The molecule has 4 heteroatoms. The highest BCUT2D eigenvalue weighted by molar-refractivity contribution is 5.77. The van der Waals surface area contributed by atoms with Crippen LogP contribution in [0.5, 0.6) is 0 Å². The van der Waals surface area contributed by atoms with Crippen LogP contribution in [0.15, 0.2) is 0 Å². The van der Waals surface area contributed by atoms with Crippen LogP contribution in [0.25, 0.3) is 0 Å². The van der Waals surface area contributed by atoms with E-state index in [0.717, 1.165) is 0 Å². The Morgan fingerprint density at radius 2 is 1.81 bits per heavy atom. The molecule has 0 aromatic rings. The number of hydrogen-bond acceptors (Lipinski definition) is 2. The number of nitrogens with zero attached hydrogens (tertiary/aromatic N) is 1. The molecule has 1 atom stereocenters. The smallest absolute Gasteiger partial charge is 0.305 e. The van der Waals surface area contributed by atoms with Crippen LogP contribution in [0, 0.1) is 11.8 Å². The lowest BCUT2D eigenvalue weighted by molar-refractivity contribution is -0.138. The zero-order chi connectivity index (χ0) is 12.7. The Kier molecular flexibility index (Phi) is 6.77. The zero-order valence-electron chi connectivity index (χ0n) is 10.7. The van der Waals surface area contributed by atoms with Crippen molar-refractivity contribution in [1.29, 1.82) is 0 Å². The van der Waals surface area contributed by atoms with E-state index in [2.05, 4.69) is 13.8 Å². The monoisotopic (exact) mass is 229 g/mol. The Balaban J connectivity index is 4.15. The van der Waals surface area contributed by atoms with Gasteiger partial charge in [-0.1, -0.05) is 20.8 Å². The fourth-order valence-corrected chi connectivity index (χ4v) is 1.33. The number of amides is 1. The molecule has 0 aliphatic carbocycles. The molecule has 0 radical (unpaired) electrons. The molecule has 1 N–H and O–H groups in total. The SMILES string of the molecule is CCN(CCC(=O)O)C(=O)CC(C)C(C)C. The molecule has 0 aliphatic rings. The topological polar surface area (TPSA) is 57.6 Å². The van der Waals surface area contributed by atoms with E-state index in [1.54, 1.807) is 4.90 Å². The van der Waals surface area contributed by atoms with E-state index in [-0.39, 0.29) is 12.3 Å². The average Bonchev–Trinajstić information content (AvgIpc) is 2.17. The molecule has 0 spiro atoms. The molecule has 0 heterocycles. The quantitative estimate of drug-likeness (QED) is 0.726. The maximum absolute atomic E-state index is 11.8. The number of aliphatic carboxylic acids is 1. The lowest BCUT2D eigenvalue weighted by Gasteiger charge is -2.23. The summed E-state index contributed by atoms with van der Waals surface area (Å²) in [4.78, 5) is 23.9. The molecule has 16 heavy (non-hydrogen) atoms. The van der Waals surface area contributed by atoms with E-state index < -0.39 is 5.97 Å². The maximum atomic E-state index is 11.8. The molecular weight excluding hydrogens is 206 g/mol. The summed E-state index contributed by atoms with van der Waals surface area (Å²) >= 11 is 0. The number of hydrogen-bond donors (Lipinski definition) is 1. The molecule has 0 rings (SSSR count).